The van der Waals surface area contributed by atoms with Crippen LogP contribution in [0.25, 0.3) is 10.1 Å². The quantitative estimate of drug-likeness (QED) is 0.749. The van der Waals surface area contributed by atoms with Crippen molar-refractivity contribution in [1.29, 1.82) is 0 Å². The smallest absolute Gasteiger partial charge is 0.0351 e. The third-order valence-electron chi connectivity index (χ3n) is 4.30. The average molecular weight is 287 g/mol. The van der Waals surface area contributed by atoms with Crippen LogP contribution in [0.2, 0.25) is 0 Å². The van der Waals surface area contributed by atoms with Crippen LogP contribution >= 0.6 is 11.3 Å². The molecule has 0 saturated heterocycles. The van der Waals surface area contributed by atoms with Crippen molar-refractivity contribution in [2.45, 2.75) is 58.9 Å². The monoisotopic (exact) mass is 287 g/mol. The molecule has 0 fully saturated rings. The Morgan fingerprint density at radius 2 is 1.90 bits per heavy atom. The van der Waals surface area contributed by atoms with Crippen LogP contribution in [0.4, 0.5) is 0 Å². The first kappa shape index (κ1) is 14.1. The minimum atomic E-state index is 1.05. The minimum absolute atomic E-state index is 1.05. The molecule has 1 nitrogen and oxygen atoms in total. The molecule has 0 amide bonds. The maximum Gasteiger partial charge on any atom is 0.0351 e. The van der Waals surface area contributed by atoms with Gasteiger partial charge < -0.3 is 5.32 Å². The van der Waals surface area contributed by atoms with E-state index in [1.54, 1.807) is 27.0 Å². The molecule has 1 aliphatic rings. The van der Waals surface area contributed by atoms with E-state index in [0.29, 0.717) is 0 Å². The molecule has 2 aromatic rings. The van der Waals surface area contributed by atoms with Crippen LogP contribution in [0.15, 0.2) is 12.1 Å². The van der Waals surface area contributed by atoms with Gasteiger partial charge in [0.05, 0.1) is 0 Å². The maximum atomic E-state index is 3.58. The topological polar surface area (TPSA) is 12.0 Å². The lowest BCUT2D eigenvalue weighted by Gasteiger charge is -2.05. The number of nitrogens with one attached hydrogen (secondary N) is 1. The van der Waals surface area contributed by atoms with Gasteiger partial charge in [-0.3, -0.25) is 0 Å². The highest BCUT2D eigenvalue weighted by Gasteiger charge is 2.17. The van der Waals surface area contributed by atoms with Gasteiger partial charge in [0.1, 0.15) is 0 Å². The summed E-state index contributed by atoms with van der Waals surface area (Å²) < 4.78 is 1.52. The fourth-order valence-electron chi connectivity index (χ4n) is 3.31. The second kappa shape index (κ2) is 6.28. The molecule has 0 aliphatic heterocycles. The number of fused-ring (bicyclic) bond motifs is 2. The Morgan fingerprint density at radius 3 is 2.65 bits per heavy atom. The molecule has 2 heteroatoms. The second-order valence-corrected chi connectivity index (χ2v) is 7.04. The number of benzene rings is 1. The highest BCUT2D eigenvalue weighted by Crippen LogP contribution is 2.36. The fourth-order valence-corrected chi connectivity index (χ4v) is 4.58. The average Bonchev–Trinajstić information content (AvgIpc) is 3.02. The van der Waals surface area contributed by atoms with E-state index in [1.165, 1.54) is 43.2 Å². The molecule has 0 unspecified atom stereocenters. The van der Waals surface area contributed by atoms with Crippen molar-refractivity contribution < 1.29 is 0 Å². The number of rotatable bonds is 6. The zero-order valence-electron chi connectivity index (χ0n) is 12.7. The van der Waals surface area contributed by atoms with Crippen molar-refractivity contribution in [3.05, 3.63) is 33.7 Å². The first-order valence-corrected chi connectivity index (χ1v) is 8.91. The van der Waals surface area contributed by atoms with E-state index in [0.717, 1.165) is 13.1 Å². The van der Waals surface area contributed by atoms with Crippen molar-refractivity contribution >= 4 is 21.4 Å². The molecule has 1 aromatic heterocycles. The predicted molar refractivity (Wildman–Crippen MR) is 89.8 cm³/mol. The Balaban J connectivity index is 1.99. The zero-order chi connectivity index (χ0) is 13.9. The van der Waals surface area contributed by atoms with Crippen molar-refractivity contribution in [3.63, 3.8) is 0 Å². The van der Waals surface area contributed by atoms with Gasteiger partial charge in [0.2, 0.25) is 0 Å². The molecule has 0 spiro atoms. The predicted octanol–water partition coefficient (Wildman–Crippen LogP) is 4.84. The molecule has 20 heavy (non-hydrogen) atoms. The summed E-state index contributed by atoms with van der Waals surface area (Å²) in [4.78, 5) is 1.57. The van der Waals surface area contributed by atoms with Gasteiger partial charge in [-0.25, -0.2) is 0 Å². The van der Waals surface area contributed by atoms with Crippen LogP contribution < -0.4 is 5.32 Å². The Hall–Kier alpha value is -0.860. The van der Waals surface area contributed by atoms with Crippen molar-refractivity contribution in [1.82, 2.24) is 5.32 Å². The SMILES string of the molecule is CCCNCc1sc2cc3c(cc2c1CCC)CCC3. The summed E-state index contributed by atoms with van der Waals surface area (Å²) in [5, 5.41) is 5.13. The standard InChI is InChI=1S/C18H25NS/c1-3-6-15-16-10-13-7-5-8-14(13)11-17(16)20-18(15)12-19-9-4-2/h10-11,19H,3-9,12H2,1-2H3. The first-order valence-electron chi connectivity index (χ1n) is 8.10. The minimum Gasteiger partial charge on any atom is -0.312 e. The third kappa shape index (κ3) is 2.64. The number of thiophene rings is 1. The summed E-state index contributed by atoms with van der Waals surface area (Å²) in [6.45, 7) is 6.69. The molecule has 1 N–H and O–H groups in total. The van der Waals surface area contributed by atoms with Gasteiger partial charge in [-0.15, -0.1) is 11.3 Å². The summed E-state index contributed by atoms with van der Waals surface area (Å²) in [7, 11) is 0. The van der Waals surface area contributed by atoms with Crippen molar-refractivity contribution in [2.75, 3.05) is 6.54 Å². The Morgan fingerprint density at radius 1 is 1.10 bits per heavy atom. The molecule has 0 bridgehead atoms. The van der Waals surface area contributed by atoms with Gasteiger partial charge in [-0.2, -0.15) is 0 Å². The zero-order valence-corrected chi connectivity index (χ0v) is 13.5. The van der Waals surface area contributed by atoms with Crippen LogP contribution in [0.1, 0.15) is 54.7 Å². The summed E-state index contributed by atoms with van der Waals surface area (Å²) >= 11 is 2.02. The third-order valence-corrected chi connectivity index (χ3v) is 5.50. The lowest BCUT2D eigenvalue weighted by Crippen LogP contribution is -2.13. The largest absolute Gasteiger partial charge is 0.312 e. The molecule has 1 aromatic carbocycles. The summed E-state index contributed by atoms with van der Waals surface area (Å²) in [5.74, 6) is 0. The van der Waals surface area contributed by atoms with Gasteiger partial charge in [-0.05, 0) is 72.9 Å². The number of hydrogen-bond donors (Lipinski definition) is 1. The van der Waals surface area contributed by atoms with E-state index in [2.05, 4.69) is 31.3 Å². The van der Waals surface area contributed by atoms with Gasteiger partial charge in [0, 0.05) is 16.1 Å². The summed E-state index contributed by atoms with van der Waals surface area (Å²) in [5.41, 5.74) is 4.83. The summed E-state index contributed by atoms with van der Waals surface area (Å²) in [6, 6.07) is 4.98. The van der Waals surface area contributed by atoms with Gasteiger partial charge >= 0.3 is 0 Å². The highest BCUT2D eigenvalue weighted by molar-refractivity contribution is 7.19. The molecule has 0 radical (unpaired) electrons. The Kier molecular flexibility index (Phi) is 4.42. The Labute approximate surface area is 126 Å². The van der Waals surface area contributed by atoms with E-state index in [9.17, 15) is 0 Å². The molecule has 0 saturated carbocycles. The van der Waals surface area contributed by atoms with E-state index < -0.39 is 0 Å². The van der Waals surface area contributed by atoms with Gasteiger partial charge in [0.25, 0.3) is 0 Å². The van der Waals surface area contributed by atoms with Crippen LogP contribution in [0.3, 0.4) is 0 Å². The first-order chi connectivity index (χ1) is 9.83. The van der Waals surface area contributed by atoms with Crippen molar-refractivity contribution in [2.24, 2.45) is 0 Å². The van der Waals surface area contributed by atoms with Crippen LogP contribution in [-0.2, 0) is 25.8 Å². The molecular weight excluding hydrogens is 262 g/mol. The van der Waals surface area contributed by atoms with E-state index in [1.807, 2.05) is 11.3 Å². The molecule has 108 valence electrons. The molecular formula is C18H25NS. The van der Waals surface area contributed by atoms with Gasteiger partial charge in [0.15, 0.2) is 0 Å². The van der Waals surface area contributed by atoms with Crippen LogP contribution in [-0.4, -0.2) is 6.54 Å². The maximum absolute atomic E-state index is 3.58. The van der Waals surface area contributed by atoms with Crippen molar-refractivity contribution in [3.8, 4) is 0 Å². The van der Waals surface area contributed by atoms with E-state index in [-0.39, 0.29) is 0 Å². The lowest BCUT2D eigenvalue weighted by atomic mass is 10.0. The molecule has 1 aliphatic carbocycles. The highest BCUT2D eigenvalue weighted by atomic mass is 32.1. The molecule has 0 atom stereocenters. The second-order valence-electron chi connectivity index (χ2n) is 5.90. The molecule has 3 rings (SSSR count). The normalized spacial score (nSPS) is 14.1. The van der Waals surface area contributed by atoms with Gasteiger partial charge in [-0.1, -0.05) is 20.3 Å². The van der Waals surface area contributed by atoms with E-state index >= 15 is 0 Å². The van der Waals surface area contributed by atoms with Crippen LogP contribution in [0, 0.1) is 0 Å². The lowest BCUT2D eigenvalue weighted by molar-refractivity contribution is 0.677. The molecule has 1 heterocycles. The van der Waals surface area contributed by atoms with E-state index in [4.69, 9.17) is 0 Å². The summed E-state index contributed by atoms with van der Waals surface area (Å²) in [6.07, 6.45) is 7.60. The fraction of sp³-hybridized carbons (Fsp3) is 0.556. The number of aryl methyl sites for hydroxylation is 3. The number of hydrogen-bond acceptors (Lipinski definition) is 2. The van der Waals surface area contributed by atoms with Crippen LogP contribution in [0.5, 0.6) is 0 Å². The Bertz CT molecular complexity index is 597.